The van der Waals surface area contributed by atoms with Crippen molar-refractivity contribution in [3.8, 4) is 5.75 Å². The average Bonchev–Trinajstić information content (AvgIpc) is 3.28. The Hall–Kier alpha value is -3.69. The van der Waals surface area contributed by atoms with Gasteiger partial charge in [-0.1, -0.05) is 30.3 Å². The highest BCUT2D eigenvalue weighted by atomic mass is 16.6. The van der Waals surface area contributed by atoms with Crippen LogP contribution in [0, 0.1) is 5.41 Å². The van der Waals surface area contributed by atoms with Crippen molar-refractivity contribution in [1.82, 2.24) is 19.4 Å². The van der Waals surface area contributed by atoms with Gasteiger partial charge in [0.1, 0.15) is 12.4 Å². The van der Waals surface area contributed by atoms with E-state index in [1.54, 1.807) is 37.3 Å². The first-order valence-electron chi connectivity index (χ1n) is 12.2. The lowest BCUT2D eigenvalue weighted by atomic mass is 9.97. The van der Waals surface area contributed by atoms with E-state index in [1.165, 1.54) is 4.90 Å². The molecule has 36 heavy (non-hydrogen) atoms. The van der Waals surface area contributed by atoms with E-state index in [0.717, 1.165) is 5.56 Å². The molecule has 4 rings (SSSR count). The third kappa shape index (κ3) is 5.12. The van der Waals surface area contributed by atoms with Crippen LogP contribution in [0.15, 0.2) is 35.1 Å². The summed E-state index contributed by atoms with van der Waals surface area (Å²) in [4.78, 5) is 59.4. The second-order valence-corrected chi connectivity index (χ2v) is 10.2. The Bertz CT molecular complexity index is 1220. The van der Waals surface area contributed by atoms with Gasteiger partial charge in [0.2, 0.25) is 5.75 Å². The number of rotatable bonds is 4. The molecule has 0 radical (unpaired) electrons. The molecule has 0 bridgehead atoms. The predicted molar refractivity (Wildman–Crippen MR) is 130 cm³/mol. The minimum atomic E-state index is -0.882. The molecule has 0 saturated carbocycles. The van der Waals surface area contributed by atoms with Crippen LogP contribution in [-0.2, 0) is 22.7 Å². The monoisotopic (exact) mass is 496 g/mol. The van der Waals surface area contributed by atoms with Crippen molar-refractivity contribution >= 4 is 18.0 Å². The molecule has 2 aliphatic heterocycles. The molecule has 2 aliphatic rings. The first-order valence-corrected chi connectivity index (χ1v) is 12.2. The number of fused-ring (bicyclic) bond motifs is 1. The highest BCUT2D eigenvalue weighted by Gasteiger charge is 2.38. The number of benzene rings is 1. The Labute approximate surface area is 209 Å². The summed E-state index contributed by atoms with van der Waals surface area (Å²) >= 11 is 0. The molecule has 3 heterocycles. The van der Waals surface area contributed by atoms with Crippen molar-refractivity contribution in [2.75, 3.05) is 20.1 Å². The second kappa shape index (κ2) is 10.1. The first-order chi connectivity index (χ1) is 17.1. The molecule has 0 N–H and O–H groups in total. The number of hydrogen-bond acceptors (Lipinski definition) is 7. The van der Waals surface area contributed by atoms with Crippen molar-refractivity contribution < 1.29 is 23.9 Å². The molecule has 2 aromatic rings. The molecule has 2 amide bonds. The van der Waals surface area contributed by atoms with Crippen LogP contribution in [0.2, 0.25) is 0 Å². The maximum absolute atomic E-state index is 13.3. The first kappa shape index (κ1) is 25.4. The molecule has 192 valence electrons. The van der Waals surface area contributed by atoms with Crippen LogP contribution in [0.3, 0.4) is 0 Å². The molecular formula is C26H32N4O6. The maximum atomic E-state index is 13.3. The summed E-state index contributed by atoms with van der Waals surface area (Å²) in [5.41, 5.74) is -0.829. The van der Waals surface area contributed by atoms with E-state index < -0.39 is 35.0 Å². The summed E-state index contributed by atoms with van der Waals surface area (Å²) in [5, 5.41) is 0. The van der Waals surface area contributed by atoms with Gasteiger partial charge in [0.15, 0.2) is 5.69 Å². The Balaban J connectivity index is 1.71. The second-order valence-electron chi connectivity index (χ2n) is 10.2. The molecule has 1 fully saturated rings. The normalized spacial score (nSPS) is 18.0. The number of esters is 1. The minimum Gasteiger partial charge on any atom is -0.445 e. The lowest BCUT2D eigenvalue weighted by Crippen LogP contribution is -2.38. The fraction of sp³-hybridized carbons (Fsp3) is 0.500. The maximum Gasteiger partial charge on any atom is 0.410 e. The van der Waals surface area contributed by atoms with Gasteiger partial charge in [0, 0.05) is 26.7 Å². The molecular weight excluding hydrogens is 464 g/mol. The van der Waals surface area contributed by atoms with Crippen LogP contribution in [0.25, 0.3) is 0 Å². The topological polar surface area (TPSA) is 111 Å². The van der Waals surface area contributed by atoms with Crippen molar-refractivity contribution in [2.45, 2.75) is 59.2 Å². The zero-order chi connectivity index (χ0) is 26.0. The van der Waals surface area contributed by atoms with Crippen LogP contribution in [0.5, 0.6) is 5.75 Å². The van der Waals surface area contributed by atoms with Gasteiger partial charge < -0.3 is 18.9 Å². The molecule has 1 saturated heterocycles. The van der Waals surface area contributed by atoms with E-state index in [1.807, 2.05) is 30.3 Å². The van der Waals surface area contributed by atoms with Crippen LogP contribution >= 0.6 is 0 Å². The summed E-state index contributed by atoms with van der Waals surface area (Å²) in [5.74, 6) is -1.12. The van der Waals surface area contributed by atoms with E-state index in [2.05, 4.69) is 4.98 Å². The van der Waals surface area contributed by atoms with Crippen molar-refractivity contribution in [3.63, 3.8) is 0 Å². The summed E-state index contributed by atoms with van der Waals surface area (Å²) < 4.78 is 12.7. The molecule has 0 spiro atoms. The Morgan fingerprint density at radius 1 is 1.06 bits per heavy atom. The summed E-state index contributed by atoms with van der Waals surface area (Å²) in [6.45, 7) is 6.42. The molecule has 1 aromatic carbocycles. The summed E-state index contributed by atoms with van der Waals surface area (Å²) in [6, 6.07) is 8.83. The van der Waals surface area contributed by atoms with Crippen LogP contribution < -0.4 is 10.3 Å². The van der Waals surface area contributed by atoms with Crippen LogP contribution in [-0.4, -0.2) is 57.5 Å². The molecule has 10 heteroatoms. The lowest BCUT2D eigenvalue weighted by molar-refractivity contribution is -0.143. The van der Waals surface area contributed by atoms with Gasteiger partial charge in [-0.3, -0.25) is 19.3 Å². The van der Waals surface area contributed by atoms with Crippen LogP contribution in [0.4, 0.5) is 4.79 Å². The van der Waals surface area contributed by atoms with Gasteiger partial charge in [0.05, 0.1) is 11.5 Å². The lowest BCUT2D eigenvalue weighted by Gasteiger charge is -2.27. The third-order valence-corrected chi connectivity index (χ3v) is 6.39. The number of nitrogens with zero attached hydrogens (tertiary/aromatic N) is 4. The van der Waals surface area contributed by atoms with Crippen molar-refractivity contribution in [1.29, 1.82) is 0 Å². The average molecular weight is 497 g/mol. The van der Waals surface area contributed by atoms with E-state index in [0.29, 0.717) is 44.7 Å². The fourth-order valence-corrected chi connectivity index (χ4v) is 4.39. The number of hydrogen-bond donors (Lipinski definition) is 0. The van der Waals surface area contributed by atoms with Crippen LogP contribution in [0.1, 0.15) is 68.0 Å². The molecule has 0 aliphatic carbocycles. The number of aromatic nitrogens is 2. The quantitative estimate of drug-likeness (QED) is 0.598. The zero-order valence-electron chi connectivity index (χ0n) is 21.2. The number of ether oxygens (including phenoxy) is 2. The molecule has 1 atom stereocenters. The smallest absolute Gasteiger partial charge is 0.410 e. The number of carbonyl (C=O) groups is 3. The number of amides is 2. The minimum absolute atomic E-state index is 0.00731. The summed E-state index contributed by atoms with van der Waals surface area (Å²) in [7, 11) is 1.64. The van der Waals surface area contributed by atoms with E-state index in [4.69, 9.17) is 9.47 Å². The Kier molecular flexibility index (Phi) is 7.14. The van der Waals surface area contributed by atoms with E-state index in [9.17, 15) is 19.2 Å². The molecule has 1 aromatic heterocycles. The van der Waals surface area contributed by atoms with E-state index >= 15 is 0 Å². The fourth-order valence-electron chi connectivity index (χ4n) is 4.39. The number of carbonyl (C=O) groups excluding carboxylic acids is 3. The highest BCUT2D eigenvalue weighted by molar-refractivity contribution is 5.96. The van der Waals surface area contributed by atoms with Gasteiger partial charge in [-0.25, -0.2) is 4.79 Å². The largest absolute Gasteiger partial charge is 0.445 e. The van der Waals surface area contributed by atoms with Gasteiger partial charge >= 0.3 is 17.6 Å². The number of likely N-dealkylation sites (tertiary alicyclic amines) is 1. The standard InChI is InChI=1S/C26H32N4O6/c1-26(2,3)24(33)36-20-19-23(32)28(4)13-9-15-30(19)21(27-22(20)31)18-12-8-14-29(18)25(34)35-16-17-10-6-5-7-11-17/h5-7,10-11,18H,8-9,12-16H2,1-4H3/t18-/m0/s1. The Morgan fingerprint density at radius 3 is 2.47 bits per heavy atom. The van der Waals surface area contributed by atoms with Gasteiger partial charge in [-0.2, -0.15) is 4.98 Å². The highest BCUT2D eigenvalue weighted by Crippen LogP contribution is 2.34. The Morgan fingerprint density at radius 2 is 1.78 bits per heavy atom. The predicted octanol–water partition coefficient (Wildman–Crippen LogP) is 3.14. The molecule has 0 unspecified atom stereocenters. The van der Waals surface area contributed by atoms with E-state index in [-0.39, 0.29) is 18.1 Å². The van der Waals surface area contributed by atoms with Gasteiger partial charge in [-0.05, 0) is 45.6 Å². The van der Waals surface area contributed by atoms with Crippen molar-refractivity contribution in [2.24, 2.45) is 5.41 Å². The summed E-state index contributed by atoms with van der Waals surface area (Å²) in [6.07, 6.45) is 1.37. The molecule has 10 nitrogen and oxygen atoms in total. The van der Waals surface area contributed by atoms with Crippen molar-refractivity contribution in [3.05, 3.63) is 57.8 Å². The zero-order valence-corrected chi connectivity index (χ0v) is 21.2. The SMILES string of the molecule is CN1CCCn2c([C@@H]3CCCN3C(=O)OCc3ccccc3)nc(=O)c(OC(=O)C(C)(C)C)c2C1=O. The van der Waals surface area contributed by atoms with Gasteiger partial charge in [0.25, 0.3) is 5.91 Å². The third-order valence-electron chi connectivity index (χ3n) is 6.39. The van der Waals surface area contributed by atoms with Gasteiger partial charge in [-0.15, -0.1) is 0 Å².